The zero-order chi connectivity index (χ0) is 12.8. The SMILES string of the molecule is COCCC(C)C(N)C12CC3CC(CC(C3)C1)C2. The molecule has 0 spiro atoms. The van der Waals surface area contributed by atoms with Gasteiger partial charge in [0.1, 0.15) is 0 Å². The summed E-state index contributed by atoms with van der Waals surface area (Å²) in [6.45, 7) is 3.20. The molecule has 104 valence electrons. The molecule has 0 heterocycles. The summed E-state index contributed by atoms with van der Waals surface area (Å²) in [5.41, 5.74) is 7.20. The average molecular weight is 251 g/mol. The highest BCUT2D eigenvalue weighted by atomic mass is 16.5. The van der Waals surface area contributed by atoms with Gasteiger partial charge in [0.05, 0.1) is 0 Å². The first-order valence-electron chi connectivity index (χ1n) is 7.87. The predicted octanol–water partition coefficient (Wildman–Crippen LogP) is 3.20. The van der Waals surface area contributed by atoms with Gasteiger partial charge in [-0.15, -0.1) is 0 Å². The van der Waals surface area contributed by atoms with E-state index < -0.39 is 0 Å². The predicted molar refractivity (Wildman–Crippen MR) is 74.2 cm³/mol. The van der Waals surface area contributed by atoms with E-state index in [1.54, 1.807) is 7.11 Å². The van der Waals surface area contributed by atoms with Crippen molar-refractivity contribution in [1.29, 1.82) is 0 Å². The molecule has 0 saturated heterocycles. The van der Waals surface area contributed by atoms with Crippen LogP contribution in [0.25, 0.3) is 0 Å². The summed E-state index contributed by atoms with van der Waals surface area (Å²) in [7, 11) is 1.79. The van der Waals surface area contributed by atoms with Crippen LogP contribution in [-0.2, 0) is 4.74 Å². The van der Waals surface area contributed by atoms with Crippen LogP contribution in [0, 0.1) is 29.1 Å². The van der Waals surface area contributed by atoms with Gasteiger partial charge >= 0.3 is 0 Å². The smallest absolute Gasteiger partial charge is 0.0465 e. The molecular weight excluding hydrogens is 222 g/mol. The van der Waals surface area contributed by atoms with Crippen molar-refractivity contribution in [1.82, 2.24) is 0 Å². The number of nitrogens with two attached hydrogens (primary N) is 1. The third-order valence-corrected chi connectivity index (χ3v) is 6.18. The topological polar surface area (TPSA) is 35.2 Å². The van der Waals surface area contributed by atoms with Crippen LogP contribution in [0.3, 0.4) is 0 Å². The van der Waals surface area contributed by atoms with Crippen LogP contribution in [-0.4, -0.2) is 19.8 Å². The van der Waals surface area contributed by atoms with Gasteiger partial charge in [-0.2, -0.15) is 0 Å². The molecule has 0 aromatic heterocycles. The zero-order valence-electron chi connectivity index (χ0n) is 12.0. The highest BCUT2D eigenvalue weighted by Gasteiger charge is 2.53. The Labute approximate surface area is 112 Å². The molecule has 0 amide bonds. The van der Waals surface area contributed by atoms with Crippen molar-refractivity contribution in [3.05, 3.63) is 0 Å². The minimum absolute atomic E-state index is 0.404. The molecule has 2 nitrogen and oxygen atoms in total. The van der Waals surface area contributed by atoms with Gasteiger partial charge in [0.2, 0.25) is 0 Å². The first-order chi connectivity index (χ1) is 8.63. The number of hydrogen-bond acceptors (Lipinski definition) is 2. The lowest BCUT2D eigenvalue weighted by Gasteiger charge is -2.59. The van der Waals surface area contributed by atoms with Crippen molar-refractivity contribution in [2.45, 2.75) is 57.9 Å². The Balaban J connectivity index is 1.70. The van der Waals surface area contributed by atoms with Crippen LogP contribution in [0.5, 0.6) is 0 Å². The van der Waals surface area contributed by atoms with Crippen molar-refractivity contribution >= 4 is 0 Å². The fourth-order valence-corrected chi connectivity index (χ4v) is 5.67. The Kier molecular flexibility index (Phi) is 3.44. The van der Waals surface area contributed by atoms with E-state index >= 15 is 0 Å². The van der Waals surface area contributed by atoms with E-state index in [-0.39, 0.29) is 0 Å². The van der Waals surface area contributed by atoms with Crippen LogP contribution in [0.2, 0.25) is 0 Å². The molecule has 0 aromatic rings. The standard InChI is InChI=1S/C16H29NO/c1-11(3-4-18-2)15(17)16-8-12-5-13(9-16)7-14(6-12)10-16/h11-15H,3-10,17H2,1-2H3. The van der Waals surface area contributed by atoms with E-state index in [9.17, 15) is 0 Å². The Morgan fingerprint density at radius 1 is 1.11 bits per heavy atom. The number of ether oxygens (including phenoxy) is 1. The molecule has 4 rings (SSSR count). The summed E-state index contributed by atoms with van der Waals surface area (Å²) < 4.78 is 5.23. The molecule has 0 aliphatic heterocycles. The van der Waals surface area contributed by atoms with Crippen molar-refractivity contribution in [3.63, 3.8) is 0 Å². The van der Waals surface area contributed by atoms with Gasteiger partial charge in [-0.25, -0.2) is 0 Å². The Hall–Kier alpha value is -0.0800. The van der Waals surface area contributed by atoms with E-state index in [2.05, 4.69) is 6.92 Å². The van der Waals surface area contributed by atoms with Crippen LogP contribution in [0.1, 0.15) is 51.9 Å². The zero-order valence-corrected chi connectivity index (χ0v) is 12.0. The van der Waals surface area contributed by atoms with Gasteiger partial charge in [-0.1, -0.05) is 6.92 Å². The first-order valence-corrected chi connectivity index (χ1v) is 7.87. The molecule has 2 heteroatoms. The van der Waals surface area contributed by atoms with Crippen LogP contribution in [0.4, 0.5) is 0 Å². The maximum absolute atomic E-state index is 6.70. The lowest BCUT2D eigenvalue weighted by molar-refractivity contribution is -0.0771. The molecule has 4 saturated carbocycles. The molecule has 4 aliphatic rings. The summed E-state index contributed by atoms with van der Waals surface area (Å²) >= 11 is 0. The summed E-state index contributed by atoms with van der Waals surface area (Å²) in [4.78, 5) is 0. The lowest BCUT2D eigenvalue weighted by Crippen LogP contribution is -2.56. The van der Waals surface area contributed by atoms with E-state index in [0.717, 1.165) is 30.8 Å². The van der Waals surface area contributed by atoms with E-state index in [0.29, 0.717) is 17.4 Å². The number of hydrogen-bond donors (Lipinski definition) is 1. The van der Waals surface area contributed by atoms with Gasteiger partial charge in [-0.3, -0.25) is 0 Å². The third kappa shape index (κ3) is 2.12. The van der Waals surface area contributed by atoms with Gasteiger partial charge in [0.15, 0.2) is 0 Å². The molecule has 0 radical (unpaired) electrons. The fraction of sp³-hybridized carbons (Fsp3) is 1.00. The summed E-state index contributed by atoms with van der Waals surface area (Å²) in [6.07, 6.45) is 9.95. The maximum Gasteiger partial charge on any atom is 0.0465 e. The van der Waals surface area contributed by atoms with Gasteiger partial charge < -0.3 is 10.5 Å². The van der Waals surface area contributed by atoms with Gasteiger partial charge in [0.25, 0.3) is 0 Å². The lowest BCUT2D eigenvalue weighted by atomic mass is 9.47. The van der Waals surface area contributed by atoms with E-state index in [1.807, 2.05) is 0 Å². The molecule has 18 heavy (non-hydrogen) atoms. The summed E-state index contributed by atoms with van der Waals surface area (Å²) in [6, 6.07) is 0.404. The second-order valence-electron chi connectivity index (χ2n) is 7.56. The highest BCUT2D eigenvalue weighted by molar-refractivity contribution is 5.06. The quantitative estimate of drug-likeness (QED) is 0.814. The second-order valence-corrected chi connectivity index (χ2v) is 7.56. The summed E-state index contributed by atoms with van der Waals surface area (Å²) in [5.74, 6) is 3.65. The Morgan fingerprint density at radius 3 is 2.06 bits per heavy atom. The molecule has 2 N–H and O–H groups in total. The van der Waals surface area contributed by atoms with Crippen LogP contribution in [0.15, 0.2) is 0 Å². The highest BCUT2D eigenvalue weighted by Crippen LogP contribution is 2.61. The third-order valence-electron chi connectivity index (χ3n) is 6.18. The molecule has 4 fully saturated rings. The van der Waals surface area contributed by atoms with E-state index in [1.165, 1.54) is 38.5 Å². The molecule has 2 unspecified atom stereocenters. The molecule has 0 aromatic carbocycles. The van der Waals surface area contributed by atoms with Crippen LogP contribution < -0.4 is 5.73 Å². The first kappa shape index (κ1) is 12.9. The van der Waals surface area contributed by atoms with Crippen LogP contribution >= 0.6 is 0 Å². The largest absolute Gasteiger partial charge is 0.385 e. The maximum atomic E-state index is 6.70. The Bertz CT molecular complexity index is 266. The van der Waals surface area contributed by atoms with Crippen molar-refractivity contribution in [3.8, 4) is 0 Å². The number of rotatable bonds is 5. The molecule has 4 aliphatic carbocycles. The fourth-order valence-electron chi connectivity index (χ4n) is 5.67. The minimum atomic E-state index is 0.404. The molecular formula is C16H29NO. The number of methoxy groups -OCH3 is 1. The second kappa shape index (κ2) is 4.79. The molecule has 2 atom stereocenters. The Morgan fingerprint density at radius 2 is 1.61 bits per heavy atom. The van der Waals surface area contributed by atoms with E-state index in [4.69, 9.17) is 10.5 Å². The summed E-state index contributed by atoms with van der Waals surface area (Å²) in [5, 5.41) is 0. The average Bonchev–Trinajstić information content (AvgIpc) is 2.33. The van der Waals surface area contributed by atoms with Gasteiger partial charge in [0, 0.05) is 19.8 Å². The normalized spacial score (nSPS) is 45.2. The van der Waals surface area contributed by atoms with Crippen molar-refractivity contribution in [2.75, 3.05) is 13.7 Å². The minimum Gasteiger partial charge on any atom is -0.385 e. The van der Waals surface area contributed by atoms with Crippen molar-refractivity contribution in [2.24, 2.45) is 34.8 Å². The van der Waals surface area contributed by atoms with Gasteiger partial charge in [-0.05, 0) is 74.0 Å². The van der Waals surface area contributed by atoms with Crippen molar-refractivity contribution < 1.29 is 4.74 Å². The monoisotopic (exact) mass is 251 g/mol. The molecule has 4 bridgehead atoms.